The summed E-state index contributed by atoms with van der Waals surface area (Å²) in [7, 11) is 0. The van der Waals surface area contributed by atoms with E-state index in [1.165, 1.54) is 32.1 Å². The molecule has 2 aliphatic carbocycles. The molecule has 3 fully saturated rings. The van der Waals surface area contributed by atoms with E-state index in [0.717, 1.165) is 69.4 Å². The van der Waals surface area contributed by atoms with Gasteiger partial charge in [-0.3, -0.25) is 9.48 Å². The van der Waals surface area contributed by atoms with Crippen LogP contribution in [-0.4, -0.2) is 50.2 Å². The van der Waals surface area contributed by atoms with E-state index in [1.54, 1.807) is 6.33 Å². The van der Waals surface area contributed by atoms with Crippen LogP contribution in [0.25, 0.3) is 0 Å². The summed E-state index contributed by atoms with van der Waals surface area (Å²) in [6.07, 6.45) is 16.3. The zero-order valence-corrected chi connectivity index (χ0v) is 26.1. The number of rotatable bonds is 9. The van der Waals surface area contributed by atoms with Crippen molar-refractivity contribution in [3.05, 3.63) is 77.8 Å². The van der Waals surface area contributed by atoms with Gasteiger partial charge in [0.15, 0.2) is 0 Å². The molecule has 0 unspecified atom stereocenters. The molecule has 1 saturated heterocycles. The summed E-state index contributed by atoms with van der Waals surface area (Å²) in [6, 6.07) is 18.7. The van der Waals surface area contributed by atoms with E-state index in [4.69, 9.17) is 17.3 Å². The van der Waals surface area contributed by atoms with Gasteiger partial charge in [0, 0.05) is 41.9 Å². The molecule has 6 rings (SSSR count). The first-order chi connectivity index (χ1) is 20.9. The standard InChI is InChI=1S/C35H47ClN6O/c36-29-13-11-27(12-14-29)23-32(35(37)17-15-31(16-18-35)40-30-9-5-2-6-10-30)33(43)41-21-19-34(20-22-41,24-42-26-38-25-39-42)28-7-3-1-4-8-28/h2,5-6,9-14,25-26,28,31-32,40H,1,3-4,7-8,15-24,37H2/t31-,32-,35-/m0/s1. The Bertz CT molecular complexity index is 1290. The Morgan fingerprint density at radius 3 is 2.30 bits per heavy atom. The molecule has 0 radical (unpaired) electrons. The largest absolute Gasteiger partial charge is 0.382 e. The van der Waals surface area contributed by atoms with Gasteiger partial charge in [-0.15, -0.1) is 0 Å². The molecule has 7 nitrogen and oxygen atoms in total. The topological polar surface area (TPSA) is 89.1 Å². The SMILES string of the molecule is N[C@]1([C@@H](Cc2ccc(Cl)cc2)C(=O)N2CCC(Cn3cncn3)(C3CCCCC3)CC2)CC[C@@H](Nc2ccccc2)CC1. The third kappa shape index (κ3) is 7.09. The second kappa shape index (κ2) is 13.4. The molecule has 3 aliphatic rings. The number of likely N-dealkylation sites (tertiary alicyclic amines) is 1. The minimum Gasteiger partial charge on any atom is -0.382 e. The number of carbonyl (C=O) groups is 1. The zero-order valence-electron chi connectivity index (χ0n) is 25.3. The summed E-state index contributed by atoms with van der Waals surface area (Å²) in [5, 5.41) is 8.88. The van der Waals surface area contributed by atoms with Crippen LogP contribution in [0.3, 0.4) is 0 Å². The Kier molecular flexibility index (Phi) is 9.39. The van der Waals surface area contributed by atoms with Crippen LogP contribution in [0.4, 0.5) is 5.69 Å². The first kappa shape index (κ1) is 30.1. The van der Waals surface area contributed by atoms with Gasteiger partial charge in [0.25, 0.3) is 0 Å². The number of amides is 1. The molecule has 0 spiro atoms. The lowest BCUT2D eigenvalue weighted by Crippen LogP contribution is -2.59. The fourth-order valence-electron chi connectivity index (χ4n) is 8.25. The number of piperidine rings is 1. The number of halogens is 1. The number of carbonyl (C=O) groups excluding carboxylic acids is 1. The number of benzene rings is 2. The van der Waals surface area contributed by atoms with Gasteiger partial charge in [-0.05, 0) is 98.9 Å². The van der Waals surface area contributed by atoms with Crippen molar-refractivity contribution in [1.29, 1.82) is 0 Å². The summed E-state index contributed by atoms with van der Waals surface area (Å²) in [5.74, 6) is 0.648. The molecule has 3 N–H and O–H groups in total. The Labute approximate surface area is 261 Å². The van der Waals surface area contributed by atoms with Crippen molar-refractivity contribution < 1.29 is 4.79 Å². The highest BCUT2D eigenvalue weighted by atomic mass is 35.5. The fourth-order valence-corrected chi connectivity index (χ4v) is 8.38. The van der Waals surface area contributed by atoms with Crippen molar-refractivity contribution in [2.24, 2.45) is 23.0 Å². The summed E-state index contributed by atoms with van der Waals surface area (Å²) in [6.45, 7) is 2.47. The molecule has 43 heavy (non-hydrogen) atoms. The van der Waals surface area contributed by atoms with Gasteiger partial charge in [0.1, 0.15) is 12.7 Å². The van der Waals surface area contributed by atoms with E-state index in [-0.39, 0.29) is 17.2 Å². The van der Waals surface area contributed by atoms with Crippen molar-refractivity contribution in [2.75, 3.05) is 18.4 Å². The van der Waals surface area contributed by atoms with E-state index in [0.29, 0.717) is 23.4 Å². The van der Waals surface area contributed by atoms with Gasteiger partial charge in [-0.25, -0.2) is 4.98 Å². The molecule has 0 bridgehead atoms. The minimum absolute atomic E-state index is 0.165. The molecule has 2 heterocycles. The van der Waals surface area contributed by atoms with Crippen molar-refractivity contribution in [1.82, 2.24) is 19.7 Å². The number of aromatic nitrogens is 3. The molecule has 1 amide bonds. The number of nitrogens with two attached hydrogens (primary N) is 1. The lowest BCUT2D eigenvalue weighted by atomic mass is 9.63. The average molecular weight is 603 g/mol. The van der Waals surface area contributed by atoms with Gasteiger partial charge in [-0.1, -0.05) is 61.2 Å². The van der Waals surface area contributed by atoms with Gasteiger partial charge in [0.05, 0.1) is 5.92 Å². The van der Waals surface area contributed by atoms with Gasteiger partial charge in [-0.2, -0.15) is 5.10 Å². The Hall–Kier alpha value is -2.90. The Morgan fingerprint density at radius 1 is 0.953 bits per heavy atom. The number of para-hydroxylation sites is 1. The molecule has 1 aliphatic heterocycles. The smallest absolute Gasteiger partial charge is 0.227 e. The van der Waals surface area contributed by atoms with Crippen LogP contribution in [0.1, 0.15) is 76.2 Å². The van der Waals surface area contributed by atoms with Crippen LogP contribution in [-0.2, 0) is 17.8 Å². The summed E-state index contributed by atoms with van der Waals surface area (Å²) in [5.41, 5.74) is 9.18. The summed E-state index contributed by atoms with van der Waals surface area (Å²) in [4.78, 5) is 20.9. The maximum Gasteiger partial charge on any atom is 0.227 e. The molecule has 230 valence electrons. The van der Waals surface area contributed by atoms with Crippen molar-refractivity contribution in [3.63, 3.8) is 0 Å². The lowest BCUT2D eigenvalue weighted by molar-refractivity contribution is -0.142. The van der Waals surface area contributed by atoms with Crippen molar-refractivity contribution in [2.45, 2.75) is 95.2 Å². The maximum atomic E-state index is 14.5. The van der Waals surface area contributed by atoms with Gasteiger partial charge in [0.2, 0.25) is 5.91 Å². The molecule has 2 saturated carbocycles. The minimum atomic E-state index is -0.537. The number of anilines is 1. The lowest BCUT2D eigenvalue weighted by Gasteiger charge is -2.50. The monoisotopic (exact) mass is 602 g/mol. The normalized spacial score (nSPS) is 25.3. The highest BCUT2D eigenvalue weighted by molar-refractivity contribution is 6.30. The van der Waals surface area contributed by atoms with E-state index < -0.39 is 5.54 Å². The second-order valence-electron chi connectivity index (χ2n) is 13.5. The first-order valence-electron chi connectivity index (χ1n) is 16.4. The predicted octanol–water partition coefficient (Wildman–Crippen LogP) is 6.73. The van der Waals surface area contributed by atoms with Crippen LogP contribution in [0.2, 0.25) is 5.02 Å². The second-order valence-corrected chi connectivity index (χ2v) is 14.0. The molecule has 2 aromatic carbocycles. The van der Waals surface area contributed by atoms with Gasteiger partial charge >= 0.3 is 0 Å². The average Bonchev–Trinajstić information content (AvgIpc) is 3.56. The molecular formula is C35H47ClN6O. The Balaban J connectivity index is 1.17. The maximum absolute atomic E-state index is 14.5. The molecule has 1 aromatic heterocycles. The number of hydrogen-bond acceptors (Lipinski definition) is 5. The number of hydrogen-bond donors (Lipinski definition) is 2. The number of nitrogens with zero attached hydrogens (tertiary/aromatic N) is 4. The van der Waals surface area contributed by atoms with Crippen LogP contribution in [0.15, 0.2) is 67.3 Å². The van der Waals surface area contributed by atoms with Crippen LogP contribution >= 0.6 is 11.6 Å². The van der Waals surface area contributed by atoms with Gasteiger partial charge < -0.3 is 16.0 Å². The van der Waals surface area contributed by atoms with E-state index in [9.17, 15) is 4.79 Å². The highest BCUT2D eigenvalue weighted by Crippen LogP contribution is 2.47. The quantitative estimate of drug-likeness (QED) is 0.283. The first-order valence-corrected chi connectivity index (χ1v) is 16.8. The molecule has 3 aromatic rings. The molecule has 8 heteroatoms. The number of nitrogens with one attached hydrogen (secondary N) is 1. The molecule has 1 atom stereocenters. The van der Waals surface area contributed by atoms with Crippen molar-refractivity contribution in [3.8, 4) is 0 Å². The predicted molar refractivity (Wildman–Crippen MR) is 173 cm³/mol. The van der Waals surface area contributed by atoms with Crippen LogP contribution in [0, 0.1) is 17.3 Å². The Morgan fingerprint density at radius 2 is 1.65 bits per heavy atom. The van der Waals surface area contributed by atoms with Crippen molar-refractivity contribution >= 4 is 23.2 Å². The van der Waals surface area contributed by atoms with Crippen LogP contribution < -0.4 is 11.1 Å². The zero-order chi connectivity index (χ0) is 29.7. The van der Waals surface area contributed by atoms with E-state index in [1.807, 2.05) is 29.2 Å². The van der Waals surface area contributed by atoms with Crippen LogP contribution in [0.5, 0.6) is 0 Å². The van der Waals surface area contributed by atoms with E-state index >= 15 is 0 Å². The summed E-state index contributed by atoms with van der Waals surface area (Å²) >= 11 is 6.22. The summed E-state index contributed by atoms with van der Waals surface area (Å²) < 4.78 is 2.02. The van der Waals surface area contributed by atoms with E-state index in [2.05, 4.69) is 56.7 Å². The highest BCUT2D eigenvalue weighted by Gasteiger charge is 2.47. The third-order valence-electron chi connectivity index (χ3n) is 10.9. The third-order valence-corrected chi connectivity index (χ3v) is 11.1. The fraction of sp³-hybridized carbons (Fsp3) is 0.571. The molecular weight excluding hydrogens is 556 g/mol.